The molecule has 1 N–H and O–H groups in total. The highest BCUT2D eigenvalue weighted by molar-refractivity contribution is 5.90. The summed E-state index contributed by atoms with van der Waals surface area (Å²) in [7, 11) is 2.00. The van der Waals surface area contributed by atoms with E-state index in [2.05, 4.69) is 106 Å². The molecule has 9 nitrogen and oxygen atoms in total. The number of hydrogen-bond acceptors (Lipinski definition) is 6. The maximum Gasteiger partial charge on any atom is 0.240 e. The Morgan fingerprint density at radius 2 is 1.80 bits per heavy atom. The Morgan fingerprint density at radius 1 is 1.07 bits per heavy atom. The quantitative estimate of drug-likeness (QED) is 0.319. The first-order valence-electron chi connectivity index (χ1n) is 14.6. The Hall–Kier alpha value is -3.72. The van der Waals surface area contributed by atoms with Crippen LogP contribution in [0.25, 0.3) is 27.9 Å². The molecule has 0 saturated carbocycles. The molecule has 0 atom stereocenters. The van der Waals surface area contributed by atoms with Gasteiger partial charge in [0, 0.05) is 47.8 Å². The number of carbonyl (C=O) groups is 1. The fraction of sp³-hybridized carbons (Fsp3) is 0.500. The lowest BCUT2D eigenvalue weighted by Crippen LogP contribution is -2.48. The van der Waals surface area contributed by atoms with Crippen LogP contribution in [0.1, 0.15) is 71.1 Å². The monoisotopic (exact) mass is 556 g/mol. The third kappa shape index (κ3) is 5.23. The van der Waals surface area contributed by atoms with Gasteiger partial charge in [0.15, 0.2) is 5.65 Å². The topological polar surface area (TPSA) is 85.7 Å². The van der Waals surface area contributed by atoms with E-state index in [1.54, 1.807) is 6.33 Å². The van der Waals surface area contributed by atoms with Gasteiger partial charge in [-0.25, -0.2) is 14.5 Å². The molecule has 41 heavy (non-hydrogen) atoms. The summed E-state index contributed by atoms with van der Waals surface area (Å²) >= 11 is 0. The number of aryl methyl sites for hydroxylation is 1. The predicted molar refractivity (Wildman–Crippen MR) is 166 cm³/mol. The molecule has 218 valence electrons. The fourth-order valence-corrected chi connectivity index (χ4v) is 5.52. The Kier molecular flexibility index (Phi) is 7.44. The second-order valence-electron chi connectivity index (χ2n) is 12.9. The zero-order valence-electron chi connectivity index (χ0n) is 26.2. The van der Waals surface area contributed by atoms with Gasteiger partial charge in [0.05, 0.1) is 23.3 Å². The molecule has 0 spiro atoms. The van der Waals surface area contributed by atoms with Gasteiger partial charge in [-0.1, -0.05) is 27.7 Å². The van der Waals surface area contributed by atoms with Crippen LogP contribution in [0.5, 0.6) is 0 Å². The molecule has 1 aliphatic rings. The van der Waals surface area contributed by atoms with Crippen LogP contribution >= 0.6 is 0 Å². The summed E-state index contributed by atoms with van der Waals surface area (Å²) in [6, 6.07) is 4.23. The van der Waals surface area contributed by atoms with Gasteiger partial charge < -0.3 is 14.8 Å². The van der Waals surface area contributed by atoms with Gasteiger partial charge >= 0.3 is 0 Å². The lowest BCUT2D eigenvalue weighted by Gasteiger charge is -2.38. The Morgan fingerprint density at radius 3 is 2.46 bits per heavy atom. The highest BCUT2D eigenvalue weighted by atomic mass is 16.2. The minimum absolute atomic E-state index is 0.0663. The molecule has 0 radical (unpaired) electrons. The number of likely N-dealkylation sites (N-methyl/N-ethyl adjacent to an activating group) is 1. The van der Waals surface area contributed by atoms with Crippen molar-refractivity contribution >= 4 is 28.4 Å². The molecule has 0 aromatic carbocycles. The number of amides is 1. The van der Waals surface area contributed by atoms with E-state index >= 15 is 0 Å². The van der Waals surface area contributed by atoms with Gasteiger partial charge in [-0.05, 0) is 76.8 Å². The average molecular weight is 557 g/mol. The zero-order valence-corrected chi connectivity index (χ0v) is 26.2. The number of pyridine rings is 2. The van der Waals surface area contributed by atoms with Crippen LogP contribution in [0.3, 0.4) is 0 Å². The third-order valence-corrected chi connectivity index (χ3v) is 8.51. The second kappa shape index (κ2) is 10.6. The molecule has 0 fully saturated rings. The lowest BCUT2D eigenvalue weighted by atomic mass is 9.95. The summed E-state index contributed by atoms with van der Waals surface area (Å²) in [5.41, 5.74) is 9.59. The number of allylic oxidation sites excluding steroid dienone is 1. The van der Waals surface area contributed by atoms with E-state index in [-0.39, 0.29) is 23.3 Å². The Balaban J connectivity index is 1.54. The molecule has 5 rings (SSSR count). The number of aromatic nitrogens is 5. The van der Waals surface area contributed by atoms with Crippen molar-refractivity contribution in [3.8, 4) is 11.3 Å². The second-order valence-corrected chi connectivity index (χ2v) is 12.9. The number of nitrogens with zero attached hydrogens (tertiary/aromatic N) is 7. The van der Waals surface area contributed by atoms with Gasteiger partial charge in [0.25, 0.3) is 0 Å². The van der Waals surface area contributed by atoms with Crippen LogP contribution in [-0.2, 0) is 4.79 Å². The summed E-state index contributed by atoms with van der Waals surface area (Å²) in [5, 5.41) is 4.41. The van der Waals surface area contributed by atoms with E-state index in [0.29, 0.717) is 19.6 Å². The minimum atomic E-state index is -0.0663. The molecular weight excluding hydrogens is 512 g/mol. The first kappa shape index (κ1) is 28.8. The van der Waals surface area contributed by atoms with Crippen molar-refractivity contribution in [2.45, 2.75) is 73.8 Å². The van der Waals surface area contributed by atoms with Crippen molar-refractivity contribution in [3.63, 3.8) is 0 Å². The number of hydrogen-bond donors (Lipinski definition) is 1. The fourth-order valence-electron chi connectivity index (χ4n) is 5.52. The number of fused-ring (bicyclic) bond motifs is 2. The molecule has 0 aliphatic carbocycles. The largest absolute Gasteiger partial charge is 0.353 e. The van der Waals surface area contributed by atoms with E-state index in [0.717, 1.165) is 45.0 Å². The SMILES string of the molecule is Cc1c(-c2[nH]c3ccc(N4CCN(C(=O)CN(C)C(C)(C)C)C=C4C(C)C)nc3c2C(C)C)cn2ncnc2c1C. The molecule has 4 aromatic rings. The van der Waals surface area contributed by atoms with Crippen LogP contribution in [0.4, 0.5) is 5.82 Å². The summed E-state index contributed by atoms with van der Waals surface area (Å²) < 4.78 is 1.85. The number of carbonyl (C=O) groups excluding carboxylic acids is 1. The summed E-state index contributed by atoms with van der Waals surface area (Å²) in [5.74, 6) is 1.51. The number of H-pyrrole nitrogens is 1. The van der Waals surface area contributed by atoms with E-state index in [1.807, 2.05) is 22.7 Å². The van der Waals surface area contributed by atoms with Crippen LogP contribution < -0.4 is 4.90 Å². The zero-order chi connectivity index (χ0) is 29.8. The van der Waals surface area contributed by atoms with Crippen molar-refractivity contribution < 1.29 is 4.79 Å². The number of nitrogens with one attached hydrogen (secondary N) is 1. The molecule has 9 heteroatoms. The van der Waals surface area contributed by atoms with Crippen LogP contribution in [0.2, 0.25) is 0 Å². The first-order chi connectivity index (χ1) is 19.3. The third-order valence-electron chi connectivity index (χ3n) is 8.51. The van der Waals surface area contributed by atoms with Crippen LogP contribution in [0, 0.1) is 19.8 Å². The van der Waals surface area contributed by atoms with Gasteiger partial charge in [-0.15, -0.1) is 0 Å². The first-order valence-corrected chi connectivity index (χ1v) is 14.6. The highest BCUT2D eigenvalue weighted by Gasteiger charge is 2.29. The van der Waals surface area contributed by atoms with E-state index < -0.39 is 0 Å². The molecule has 5 heterocycles. The lowest BCUT2D eigenvalue weighted by molar-refractivity contribution is -0.130. The van der Waals surface area contributed by atoms with Crippen molar-refractivity contribution in [3.05, 3.63) is 53.2 Å². The highest BCUT2D eigenvalue weighted by Crippen LogP contribution is 2.38. The summed E-state index contributed by atoms with van der Waals surface area (Å²) in [6.45, 7) is 21.1. The number of rotatable bonds is 6. The van der Waals surface area contributed by atoms with Crippen molar-refractivity contribution in [1.82, 2.24) is 34.4 Å². The van der Waals surface area contributed by atoms with Crippen molar-refractivity contribution in [1.29, 1.82) is 0 Å². The average Bonchev–Trinajstić information content (AvgIpc) is 3.54. The van der Waals surface area contributed by atoms with Gasteiger partial charge in [-0.2, -0.15) is 5.10 Å². The van der Waals surface area contributed by atoms with Gasteiger partial charge in [-0.3, -0.25) is 9.69 Å². The number of anilines is 1. The van der Waals surface area contributed by atoms with Crippen molar-refractivity contribution in [2.24, 2.45) is 5.92 Å². The standard InChI is InChI=1S/C32H44N8O/c1-19(2)25-16-38(27(41)17-37(10)32(7,8)9)13-14-39(25)26-12-11-24-30(36-26)28(20(3)4)29(35-24)23-15-40-31(33-18-34-40)22(6)21(23)5/h11-12,15-16,18-20,35H,13-14,17H2,1-10H3. The number of aromatic amines is 1. The molecule has 4 aromatic heterocycles. The molecular formula is C32H44N8O. The van der Waals surface area contributed by atoms with Gasteiger partial charge in [0.2, 0.25) is 5.91 Å². The molecule has 1 aliphatic heterocycles. The summed E-state index contributed by atoms with van der Waals surface area (Å²) in [4.78, 5) is 32.8. The molecule has 1 amide bonds. The maximum absolute atomic E-state index is 13.2. The molecule has 0 bridgehead atoms. The van der Waals surface area contributed by atoms with E-state index in [4.69, 9.17) is 4.98 Å². The maximum atomic E-state index is 13.2. The van der Waals surface area contributed by atoms with Crippen molar-refractivity contribution in [2.75, 3.05) is 31.6 Å². The predicted octanol–water partition coefficient (Wildman–Crippen LogP) is 5.89. The van der Waals surface area contributed by atoms with Crippen LogP contribution in [-0.4, -0.2) is 72.5 Å². The Bertz CT molecular complexity index is 1630. The normalized spacial score (nSPS) is 14.8. The van der Waals surface area contributed by atoms with E-state index in [1.165, 1.54) is 11.1 Å². The summed E-state index contributed by atoms with van der Waals surface area (Å²) in [6.07, 6.45) is 5.70. The molecule has 0 saturated heterocycles. The smallest absolute Gasteiger partial charge is 0.240 e. The van der Waals surface area contributed by atoms with Crippen LogP contribution in [0.15, 0.2) is 36.6 Å². The molecule has 0 unspecified atom stereocenters. The van der Waals surface area contributed by atoms with E-state index in [9.17, 15) is 4.79 Å². The van der Waals surface area contributed by atoms with Gasteiger partial charge in [0.1, 0.15) is 12.1 Å². The Labute approximate surface area is 243 Å². The minimum Gasteiger partial charge on any atom is -0.353 e.